The Labute approximate surface area is 86.8 Å². The highest BCUT2D eigenvalue weighted by molar-refractivity contribution is 4.88. The first-order valence-corrected chi connectivity index (χ1v) is 5.89. The van der Waals surface area contributed by atoms with E-state index in [4.69, 9.17) is 4.74 Å². The Morgan fingerprint density at radius 3 is 2.71 bits per heavy atom. The summed E-state index contributed by atoms with van der Waals surface area (Å²) in [5.41, 5.74) is 0.0172. The minimum atomic E-state index is 0.0172. The van der Waals surface area contributed by atoms with Crippen LogP contribution in [0.2, 0.25) is 0 Å². The maximum atomic E-state index is 6.07. The van der Waals surface area contributed by atoms with E-state index in [1.54, 1.807) is 0 Å². The van der Waals surface area contributed by atoms with Crippen LogP contribution in [-0.2, 0) is 4.74 Å². The summed E-state index contributed by atoms with van der Waals surface area (Å²) in [6.45, 7) is 9.07. The monoisotopic (exact) mass is 198 g/mol. The molecule has 2 heterocycles. The summed E-state index contributed by atoms with van der Waals surface area (Å²) in [4.78, 5) is 2.50. The zero-order valence-electron chi connectivity index (χ0n) is 9.38. The molecule has 1 N–H and O–H groups in total. The number of nitrogens with zero attached hydrogens (tertiary/aromatic N) is 1. The van der Waals surface area contributed by atoms with Gasteiger partial charge in [0.2, 0.25) is 0 Å². The van der Waals surface area contributed by atoms with Crippen LogP contribution < -0.4 is 5.32 Å². The smallest absolute Gasteiger partial charge is 0.122 e. The van der Waals surface area contributed by atoms with Crippen LogP contribution in [0, 0.1) is 0 Å². The second-order valence-corrected chi connectivity index (χ2v) is 4.57. The molecule has 0 aromatic rings. The highest BCUT2D eigenvalue weighted by Crippen LogP contribution is 2.28. The molecular weight excluding hydrogens is 176 g/mol. The van der Waals surface area contributed by atoms with Crippen molar-refractivity contribution in [3.63, 3.8) is 0 Å². The molecule has 0 aliphatic carbocycles. The summed E-state index contributed by atoms with van der Waals surface area (Å²) in [5.74, 6) is 0. The Kier molecular flexibility index (Phi) is 3.10. The Morgan fingerprint density at radius 1 is 1.43 bits per heavy atom. The van der Waals surface area contributed by atoms with Gasteiger partial charge in [0.05, 0.1) is 6.10 Å². The van der Waals surface area contributed by atoms with E-state index >= 15 is 0 Å². The number of ether oxygens (including phenoxy) is 1. The van der Waals surface area contributed by atoms with Gasteiger partial charge in [0, 0.05) is 32.5 Å². The summed E-state index contributed by atoms with van der Waals surface area (Å²) in [7, 11) is 0. The van der Waals surface area contributed by atoms with Crippen LogP contribution in [0.1, 0.15) is 33.1 Å². The number of likely N-dealkylation sites (tertiary alicyclic amines) is 1. The van der Waals surface area contributed by atoms with E-state index in [-0.39, 0.29) is 5.72 Å². The number of hydrogen-bond donors (Lipinski definition) is 1. The van der Waals surface area contributed by atoms with Crippen molar-refractivity contribution in [2.24, 2.45) is 0 Å². The Balaban J connectivity index is 1.91. The minimum absolute atomic E-state index is 0.0172. The van der Waals surface area contributed by atoms with Crippen molar-refractivity contribution in [2.75, 3.05) is 26.2 Å². The molecular formula is C11H22N2O. The van der Waals surface area contributed by atoms with Crippen LogP contribution >= 0.6 is 0 Å². The van der Waals surface area contributed by atoms with E-state index in [0.29, 0.717) is 6.10 Å². The molecule has 0 aromatic carbocycles. The Morgan fingerprint density at radius 2 is 2.14 bits per heavy atom. The third kappa shape index (κ3) is 2.10. The van der Waals surface area contributed by atoms with Gasteiger partial charge in [-0.2, -0.15) is 0 Å². The number of rotatable bonds is 1. The molecule has 1 atom stereocenters. The van der Waals surface area contributed by atoms with Gasteiger partial charge in [-0.25, -0.2) is 0 Å². The van der Waals surface area contributed by atoms with Gasteiger partial charge in [0.15, 0.2) is 0 Å². The summed E-state index contributed by atoms with van der Waals surface area (Å²) >= 11 is 0. The molecule has 2 aliphatic heterocycles. The first kappa shape index (κ1) is 10.4. The lowest BCUT2D eigenvalue weighted by Gasteiger charge is -2.46. The average Bonchev–Trinajstić information content (AvgIpc) is 2.19. The summed E-state index contributed by atoms with van der Waals surface area (Å²) in [5, 5.41) is 3.56. The zero-order chi connectivity index (χ0) is 10.0. The molecule has 3 heteroatoms. The van der Waals surface area contributed by atoms with E-state index in [1.165, 1.54) is 19.6 Å². The van der Waals surface area contributed by atoms with Crippen molar-refractivity contribution >= 4 is 0 Å². The number of hydrogen-bond acceptors (Lipinski definition) is 3. The fourth-order valence-electron chi connectivity index (χ4n) is 2.51. The normalized spacial score (nSPS) is 33.4. The predicted molar refractivity (Wildman–Crippen MR) is 57.2 cm³/mol. The maximum absolute atomic E-state index is 6.07. The number of nitrogens with one attached hydrogen (secondary N) is 1. The standard InChI is InChI=1S/C11H22N2O/c1-3-13-8-5-11(6-9-13)12-7-4-10(2)14-11/h10,12H,3-9H2,1-2H3. The Bertz CT molecular complexity index is 188. The first-order chi connectivity index (χ1) is 6.74. The molecule has 0 saturated carbocycles. The van der Waals surface area contributed by atoms with Gasteiger partial charge < -0.3 is 9.64 Å². The lowest BCUT2D eigenvalue weighted by atomic mass is 9.97. The minimum Gasteiger partial charge on any atom is -0.358 e. The molecule has 3 nitrogen and oxygen atoms in total. The Hall–Kier alpha value is -0.120. The van der Waals surface area contributed by atoms with Crippen LogP contribution in [0.4, 0.5) is 0 Å². The van der Waals surface area contributed by atoms with E-state index in [9.17, 15) is 0 Å². The molecule has 14 heavy (non-hydrogen) atoms. The molecule has 1 unspecified atom stereocenters. The van der Waals surface area contributed by atoms with Crippen LogP contribution in [0.25, 0.3) is 0 Å². The van der Waals surface area contributed by atoms with Gasteiger partial charge in [-0.05, 0) is 19.9 Å². The lowest BCUT2D eigenvalue weighted by Crippen LogP contribution is -2.59. The summed E-state index contributed by atoms with van der Waals surface area (Å²) in [6, 6.07) is 0. The molecule has 0 amide bonds. The van der Waals surface area contributed by atoms with Crippen molar-refractivity contribution in [2.45, 2.75) is 44.9 Å². The fraction of sp³-hybridized carbons (Fsp3) is 1.00. The van der Waals surface area contributed by atoms with E-state index < -0.39 is 0 Å². The number of piperidine rings is 1. The third-order valence-electron chi connectivity index (χ3n) is 3.54. The largest absolute Gasteiger partial charge is 0.358 e. The quantitative estimate of drug-likeness (QED) is 0.685. The predicted octanol–water partition coefficient (Wildman–Crippen LogP) is 1.20. The molecule has 2 rings (SSSR count). The van der Waals surface area contributed by atoms with Gasteiger partial charge in [0.25, 0.3) is 0 Å². The van der Waals surface area contributed by atoms with Crippen LogP contribution in [-0.4, -0.2) is 42.9 Å². The summed E-state index contributed by atoms with van der Waals surface area (Å²) in [6.07, 6.45) is 3.87. The van der Waals surface area contributed by atoms with Crippen molar-refractivity contribution < 1.29 is 4.74 Å². The van der Waals surface area contributed by atoms with Crippen molar-refractivity contribution in [1.82, 2.24) is 10.2 Å². The zero-order valence-corrected chi connectivity index (χ0v) is 9.38. The SMILES string of the molecule is CCN1CCC2(CC1)NCCC(C)O2. The van der Waals surface area contributed by atoms with Gasteiger partial charge >= 0.3 is 0 Å². The molecule has 2 fully saturated rings. The van der Waals surface area contributed by atoms with Gasteiger partial charge in [-0.15, -0.1) is 0 Å². The molecule has 0 radical (unpaired) electrons. The second-order valence-electron chi connectivity index (χ2n) is 4.57. The molecule has 2 aliphatic rings. The van der Waals surface area contributed by atoms with Gasteiger partial charge in [-0.1, -0.05) is 6.92 Å². The van der Waals surface area contributed by atoms with E-state index in [1.807, 2.05) is 0 Å². The average molecular weight is 198 g/mol. The fourth-order valence-corrected chi connectivity index (χ4v) is 2.51. The topological polar surface area (TPSA) is 24.5 Å². The molecule has 2 saturated heterocycles. The van der Waals surface area contributed by atoms with Gasteiger partial charge in [-0.3, -0.25) is 5.32 Å². The van der Waals surface area contributed by atoms with Crippen LogP contribution in [0.15, 0.2) is 0 Å². The highest BCUT2D eigenvalue weighted by atomic mass is 16.5. The van der Waals surface area contributed by atoms with Crippen molar-refractivity contribution in [3.05, 3.63) is 0 Å². The van der Waals surface area contributed by atoms with E-state index in [2.05, 4.69) is 24.1 Å². The first-order valence-electron chi connectivity index (χ1n) is 5.89. The van der Waals surface area contributed by atoms with Gasteiger partial charge in [0.1, 0.15) is 5.72 Å². The van der Waals surface area contributed by atoms with Crippen molar-refractivity contribution in [3.8, 4) is 0 Å². The maximum Gasteiger partial charge on any atom is 0.122 e. The molecule has 0 aromatic heterocycles. The van der Waals surface area contributed by atoms with Crippen molar-refractivity contribution in [1.29, 1.82) is 0 Å². The molecule has 1 spiro atoms. The van der Waals surface area contributed by atoms with Crippen LogP contribution in [0.3, 0.4) is 0 Å². The summed E-state index contributed by atoms with van der Waals surface area (Å²) < 4.78 is 6.07. The molecule has 82 valence electrons. The van der Waals surface area contributed by atoms with E-state index in [0.717, 1.165) is 25.8 Å². The second kappa shape index (κ2) is 4.17. The van der Waals surface area contributed by atoms with Crippen LogP contribution in [0.5, 0.6) is 0 Å². The lowest BCUT2D eigenvalue weighted by molar-refractivity contribution is -0.160. The molecule has 0 bridgehead atoms. The highest BCUT2D eigenvalue weighted by Gasteiger charge is 2.38. The third-order valence-corrected chi connectivity index (χ3v) is 3.54.